The Hall–Kier alpha value is -3.01. The van der Waals surface area contributed by atoms with E-state index in [0.717, 1.165) is 6.42 Å². The average Bonchev–Trinajstić information content (AvgIpc) is 3.47. The third-order valence-electron chi connectivity index (χ3n) is 5.23. The van der Waals surface area contributed by atoms with Crippen LogP contribution in [0.1, 0.15) is 39.9 Å². The molecular weight excluding hydrogens is 366 g/mol. The van der Waals surface area contributed by atoms with Gasteiger partial charge in [-0.25, -0.2) is 9.48 Å². The zero-order valence-corrected chi connectivity index (χ0v) is 15.5. The largest absolute Gasteiger partial charge is 0.417 e. The van der Waals surface area contributed by atoms with Gasteiger partial charge in [-0.1, -0.05) is 11.3 Å². The molecule has 2 aliphatic heterocycles. The van der Waals surface area contributed by atoms with Crippen LogP contribution in [0.5, 0.6) is 0 Å². The third kappa shape index (κ3) is 3.55. The number of likely N-dealkylation sites (tertiary alicyclic amines) is 1. The molecule has 28 heavy (non-hydrogen) atoms. The summed E-state index contributed by atoms with van der Waals surface area (Å²) in [7, 11) is 1.70. The van der Waals surface area contributed by atoms with Crippen LogP contribution in [-0.2, 0) is 4.74 Å². The fourth-order valence-electron chi connectivity index (χ4n) is 3.53. The first-order chi connectivity index (χ1) is 13.5. The van der Waals surface area contributed by atoms with Crippen molar-refractivity contribution in [1.29, 1.82) is 0 Å². The smallest absolute Gasteiger partial charge is 0.336 e. The predicted octanol–water partition coefficient (Wildman–Crippen LogP) is 0.179. The SMILES string of the molecule is CN(C(=O)c1cn(C2CCOC2)nn1)C1CCN(C(=O)c2cccc(=O)o2)C1. The molecular formula is C18H21N5O5. The summed E-state index contributed by atoms with van der Waals surface area (Å²) in [6.07, 6.45) is 3.13. The van der Waals surface area contributed by atoms with Gasteiger partial charge in [-0.2, -0.15) is 0 Å². The van der Waals surface area contributed by atoms with E-state index in [1.165, 1.54) is 18.2 Å². The molecule has 0 saturated carbocycles. The molecule has 2 atom stereocenters. The number of carbonyl (C=O) groups excluding carboxylic acids is 2. The van der Waals surface area contributed by atoms with Crippen molar-refractivity contribution in [3.05, 3.63) is 46.3 Å². The summed E-state index contributed by atoms with van der Waals surface area (Å²) in [4.78, 5) is 39.8. The van der Waals surface area contributed by atoms with Gasteiger partial charge >= 0.3 is 5.63 Å². The molecule has 148 valence electrons. The normalized spacial score (nSPS) is 21.8. The highest BCUT2D eigenvalue weighted by Crippen LogP contribution is 2.20. The van der Waals surface area contributed by atoms with Crippen LogP contribution in [0.3, 0.4) is 0 Å². The molecule has 2 saturated heterocycles. The van der Waals surface area contributed by atoms with Gasteiger partial charge in [-0.05, 0) is 18.9 Å². The van der Waals surface area contributed by atoms with E-state index in [-0.39, 0.29) is 35.4 Å². The molecule has 2 aliphatic rings. The van der Waals surface area contributed by atoms with Crippen molar-refractivity contribution in [2.75, 3.05) is 33.4 Å². The maximum absolute atomic E-state index is 12.8. The molecule has 0 N–H and O–H groups in total. The Morgan fingerprint density at radius 1 is 1.29 bits per heavy atom. The lowest BCUT2D eigenvalue weighted by molar-refractivity contribution is 0.0683. The van der Waals surface area contributed by atoms with E-state index < -0.39 is 5.63 Å². The lowest BCUT2D eigenvalue weighted by Crippen LogP contribution is -2.40. The fraction of sp³-hybridized carbons (Fsp3) is 0.500. The highest BCUT2D eigenvalue weighted by Gasteiger charge is 2.33. The van der Waals surface area contributed by atoms with Crippen molar-refractivity contribution in [3.63, 3.8) is 0 Å². The number of carbonyl (C=O) groups is 2. The maximum Gasteiger partial charge on any atom is 0.336 e. The molecule has 4 heterocycles. The second-order valence-corrected chi connectivity index (χ2v) is 7.02. The quantitative estimate of drug-likeness (QED) is 0.736. The first kappa shape index (κ1) is 18.4. The molecule has 0 spiro atoms. The molecule has 0 radical (unpaired) electrons. The molecule has 0 aromatic carbocycles. The van der Waals surface area contributed by atoms with Crippen LogP contribution < -0.4 is 5.63 Å². The maximum atomic E-state index is 12.8. The number of ether oxygens (including phenoxy) is 1. The van der Waals surface area contributed by atoms with Crippen LogP contribution in [0.4, 0.5) is 0 Å². The van der Waals surface area contributed by atoms with Gasteiger partial charge in [0, 0.05) is 32.8 Å². The summed E-state index contributed by atoms with van der Waals surface area (Å²) in [5, 5.41) is 8.05. The minimum Gasteiger partial charge on any atom is -0.417 e. The monoisotopic (exact) mass is 387 g/mol. The van der Waals surface area contributed by atoms with Gasteiger partial charge in [0.05, 0.1) is 24.9 Å². The van der Waals surface area contributed by atoms with Crippen LogP contribution >= 0.6 is 0 Å². The number of likely N-dealkylation sites (N-methyl/N-ethyl adjacent to an activating group) is 1. The highest BCUT2D eigenvalue weighted by molar-refractivity contribution is 5.93. The van der Waals surface area contributed by atoms with Crippen LogP contribution in [-0.4, -0.2) is 76.0 Å². The van der Waals surface area contributed by atoms with E-state index >= 15 is 0 Å². The standard InChI is InChI=1S/C18H21N5O5/c1-21(17(25)14-10-23(20-19-14)13-6-8-27-11-13)12-5-7-22(9-12)18(26)15-3-2-4-16(24)28-15/h2-4,10,12-13H,5-9,11H2,1H3. The summed E-state index contributed by atoms with van der Waals surface area (Å²) in [6.45, 7) is 2.10. The summed E-state index contributed by atoms with van der Waals surface area (Å²) in [5.74, 6) is -0.590. The van der Waals surface area contributed by atoms with Crippen molar-refractivity contribution in [1.82, 2.24) is 24.8 Å². The Morgan fingerprint density at radius 3 is 2.89 bits per heavy atom. The van der Waals surface area contributed by atoms with Crippen LogP contribution in [0.2, 0.25) is 0 Å². The Kier molecular flexibility index (Phi) is 4.95. The topological polar surface area (TPSA) is 111 Å². The lowest BCUT2D eigenvalue weighted by atomic mass is 10.2. The zero-order chi connectivity index (χ0) is 19.7. The number of hydrogen-bond donors (Lipinski definition) is 0. The molecule has 10 heteroatoms. The highest BCUT2D eigenvalue weighted by atomic mass is 16.5. The van der Waals surface area contributed by atoms with Crippen LogP contribution in [0.25, 0.3) is 0 Å². The van der Waals surface area contributed by atoms with Gasteiger partial charge < -0.3 is 19.0 Å². The van der Waals surface area contributed by atoms with Gasteiger partial charge in [0.2, 0.25) is 0 Å². The number of rotatable bonds is 4. The van der Waals surface area contributed by atoms with Crippen molar-refractivity contribution >= 4 is 11.8 Å². The van der Waals surface area contributed by atoms with Gasteiger partial charge in [-0.3, -0.25) is 9.59 Å². The summed E-state index contributed by atoms with van der Waals surface area (Å²) >= 11 is 0. The van der Waals surface area contributed by atoms with Gasteiger partial charge in [-0.15, -0.1) is 5.10 Å². The molecule has 0 aliphatic carbocycles. The molecule has 2 aromatic heterocycles. The fourth-order valence-corrected chi connectivity index (χ4v) is 3.53. The number of hydrogen-bond acceptors (Lipinski definition) is 7. The Balaban J connectivity index is 1.40. The van der Waals surface area contributed by atoms with Crippen molar-refractivity contribution < 1.29 is 18.7 Å². The Labute approximate surface area is 160 Å². The Bertz CT molecular complexity index is 932. The predicted molar refractivity (Wildman–Crippen MR) is 95.9 cm³/mol. The van der Waals surface area contributed by atoms with Crippen molar-refractivity contribution in [2.24, 2.45) is 0 Å². The zero-order valence-electron chi connectivity index (χ0n) is 15.5. The second-order valence-electron chi connectivity index (χ2n) is 7.02. The number of amides is 2. The van der Waals surface area contributed by atoms with E-state index in [0.29, 0.717) is 32.7 Å². The summed E-state index contributed by atoms with van der Waals surface area (Å²) in [6, 6.07) is 4.17. The van der Waals surface area contributed by atoms with E-state index in [9.17, 15) is 14.4 Å². The average molecular weight is 387 g/mol. The first-order valence-corrected chi connectivity index (χ1v) is 9.19. The van der Waals surface area contributed by atoms with Gasteiger partial charge in [0.15, 0.2) is 11.5 Å². The Morgan fingerprint density at radius 2 is 2.14 bits per heavy atom. The van der Waals surface area contributed by atoms with Gasteiger partial charge in [0.1, 0.15) is 0 Å². The lowest BCUT2D eigenvalue weighted by Gasteiger charge is -2.23. The van der Waals surface area contributed by atoms with E-state index in [1.807, 2.05) is 0 Å². The van der Waals surface area contributed by atoms with Gasteiger partial charge in [0.25, 0.3) is 11.8 Å². The minimum absolute atomic E-state index is 0.00357. The van der Waals surface area contributed by atoms with Crippen molar-refractivity contribution in [2.45, 2.75) is 24.9 Å². The van der Waals surface area contributed by atoms with E-state index in [1.54, 1.807) is 27.7 Å². The molecule has 0 bridgehead atoms. The molecule has 2 aromatic rings. The molecule has 2 unspecified atom stereocenters. The third-order valence-corrected chi connectivity index (χ3v) is 5.23. The molecule has 10 nitrogen and oxygen atoms in total. The molecule has 4 rings (SSSR count). The second kappa shape index (κ2) is 7.55. The summed E-state index contributed by atoms with van der Waals surface area (Å²) < 4.78 is 12.0. The van der Waals surface area contributed by atoms with E-state index in [2.05, 4.69) is 10.3 Å². The minimum atomic E-state index is -0.565. The van der Waals surface area contributed by atoms with E-state index in [4.69, 9.17) is 9.15 Å². The number of aromatic nitrogens is 3. The van der Waals surface area contributed by atoms with Crippen molar-refractivity contribution in [3.8, 4) is 0 Å². The molecule has 2 amide bonds. The van der Waals surface area contributed by atoms with Crippen LogP contribution in [0.15, 0.2) is 33.6 Å². The first-order valence-electron chi connectivity index (χ1n) is 9.19. The molecule has 2 fully saturated rings. The van der Waals surface area contributed by atoms with Crippen LogP contribution in [0, 0.1) is 0 Å². The summed E-state index contributed by atoms with van der Waals surface area (Å²) in [5.41, 5.74) is -0.294. The number of nitrogens with zero attached hydrogens (tertiary/aromatic N) is 5.